The number of anilines is 1. The molecule has 2 heterocycles. The molecule has 110 valence electrons. The van der Waals surface area contributed by atoms with E-state index >= 15 is 0 Å². The number of hydrogen-bond donors (Lipinski definition) is 1. The summed E-state index contributed by atoms with van der Waals surface area (Å²) in [6, 6.07) is 7.76. The van der Waals surface area contributed by atoms with Crippen molar-refractivity contribution in [3.8, 4) is 0 Å². The highest BCUT2D eigenvalue weighted by atomic mass is 32.2. The Morgan fingerprint density at radius 2 is 1.65 bits per heavy atom. The topological polar surface area (TPSA) is 52.7 Å². The second-order valence-electron chi connectivity index (χ2n) is 5.85. The van der Waals surface area contributed by atoms with E-state index in [4.69, 9.17) is 0 Å². The van der Waals surface area contributed by atoms with Gasteiger partial charge in [-0.25, -0.2) is 8.42 Å². The SMILES string of the molecule is CN(C)c1ccc(S(=O)(=O)N2CC3CCC(C2)N3)cc1. The maximum Gasteiger partial charge on any atom is 0.243 e. The van der Waals surface area contributed by atoms with Gasteiger partial charge in [0, 0.05) is 45.0 Å². The maximum atomic E-state index is 12.7. The highest BCUT2D eigenvalue weighted by Crippen LogP contribution is 2.26. The molecule has 2 fully saturated rings. The predicted octanol–water partition coefficient (Wildman–Crippen LogP) is 0.877. The molecule has 2 aliphatic rings. The Bertz CT molecular complexity index is 571. The molecule has 5 nitrogen and oxygen atoms in total. The minimum Gasteiger partial charge on any atom is -0.378 e. The van der Waals surface area contributed by atoms with Crippen molar-refractivity contribution in [2.24, 2.45) is 0 Å². The summed E-state index contributed by atoms with van der Waals surface area (Å²) in [5, 5.41) is 3.46. The Balaban J connectivity index is 1.84. The molecule has 2 atom stereocenters. The molecule has 1 aromatic rings. The first-order valence-corrected chi connectivity index (χ1v) is 8.44. The lowest BCUT2D eigenvalue weighted by atomic mass is 10.2. The molecule has 2 unspecified atom stereocenters. The number of hydrogen-bond acceptors (Lipinski definition) is 4. The van der Waals surface area contributed by atoms with E-state index in [1.165, 1.54) is 0 Å². The lowest BCUT2D eigenvalue weighted by Crippen LogP contribution is -2.52. The summed E-state index contributed by atoms with van der Waals surface area (Å²) in [6.07, 6.45) is 2.16. The van der Waals surface area contributed by atoms with Gasteiger partial charge in [0.2, 0.25) is 10.0 Å². The number of nitrogens with one attached hydrogen (secondary N) is 1. The van der Waals surface area contributed by atoms with Crippen molar-refractivity contribution in [2.75, 3.05) is 32.1 Å². The first-order valence-electron chi connectivity index (χ1n) is 7.00. The van der Waals surface area contributed by atoms with Gasteiger partial charge in [0.1, 0.15) is 0 Å². The van der Waals surface area contributed by atoms with Crippen LogP contribution in [0, 0.1) is 0 Å². The summed E-state index contributed by atoms with van der Waals surface area (Å²) < 4.78 is 27.0. The molecule has 2 saturated heterocycles. The van der Waals surface area contributed by atoms with E-state index in [0.717, 1.165) is 18.5 Å². The molecular weight excluding hydrogens is 274 g/mol. The minimum absolute atomic E-state index is 0.324. The van der Waals surface area contributed by atoms with Crippen molar-refractivity contribution in [3.63, 3.8) is 0 Å². The summed E-state index contributed by atoms with van der Waals surface area (Å²) in [6.45, 7) is 1.18. The summed E-state index contributed by atoms with van der Waals surface area (Å²) in [5.74, 6) is 0. The monoisotopic (exact) mass is 295 g/mol. The second-order valence-corrected chi connectivity index (χ2v) is 7.79. The lowest BCUT2D eigenvalue weighted by Gasteiger charge is -2.32. The second kappa shape index (κ2) is 5.02. The molecule has 2 bridgehead atoms. The Morgan fingerprint density at radius 1 is 1.10 bits per heavy atom. The first kappa shape index (κ1) is 13.9. The molecule has 0 aliphatic carbocycles. The van der Waals surface area contributed by atoms with Crippen molar-refractivity contribution in [1.29, 1.82) is 0 Å². The summed E-state index contributed by atoms with van der Waals surface area (Å²) in [4.78, 5) is 2.35. The summed E-state index contributed by atoms with van der Waals surface area (Å²) in [7, 11) is 0.528. The van der Waals surface area contributed by atoms with E-state index in [9.17, 15) is 8.42 Å². The van der Waals surface area contributed by atoms with Crippen LogP contribution in [0.4, 0.5) is 5.69 Å². The molecule has 0 saturated carbocycles. The van der Waals surface area contributed by atoms with Crippen LogP contribution in [0.25, 0.3) is 0 Å². The fourth-order valence-corrected chi connectivity index (χ4v) is 4.55. The molecule has 0 amide bonds. The average molecular weight is 295 g/mol. The number of rotatable bonds is 3. The lowest BCUT2D eigenvalue weighted by molar-refractivity contribution is 0.296. The first-order chi connectivity index (χ1) is 9.46. The third-order valence-corrected chi connectivity index (χ3v) is 6.02. The predicted molar refractivity (Wildman–Crippen MR) is 79.5 cm³/mol. The molecule has 1 N–H and O–H groups in total. The van der Waals surface area contributed by atoms with Gasteiger partial charge in [-0.3, -0.25) is 0 Å². The summed E-state index contributed by atoms with van der Waals surface area (Å²) >= 11 is 0. The number of benzene rings is 1. The van der Waals surface area contributed by atoms with E-state index in [1.54, 1.807) is 16.4 Å². The van der Waals surface area contributed by atoms with Gasteiger partial charge in [-0.05, 0) is 37.1 Å². The van der Waals surface area contributed by atoms with E-state index < -0.39 is 10.0 Å². The molecule has 20 heavy (non-hydrogen) atoms. The molecule has 0 spiro atoms. The zero-order valence-corrected chi connectivity index (χ0v) is 12.7. The Kier molecular flexibility index (Phi) is 3.48. The zero-order valence-electron chi connectivity index (χ0n) is 11.9. The van der Waals surface area contributed by atoms with E-state index in [1.807, 2.05) is 31.1 Å². The molecule has 3 rings (SSSR count). The minimum atomic E-state index is -3.36. The maximum absolute atomic E-state index is 12.7. The Morgan fingerprint density at radius 3 is 2.15 bits per heavy atom. The highest BCUT2D eigenvalue weighted by molar-refractivity contribution is 7.89. The fourth-order valence-electron chi connectivity index (χ4n) is 3.02. The van der Waals surface area contributed by atoms with E-state index in [0.29, 0.717) is 30.1 Å². The molecule has 0 radical (unpaired) electrons. The Labute approximate surface area is 120 Å². The largest absolute Gasteiger partial charge is 0.378 e. The van der Waals surface area contributed by atoms with Crippen molar-refractivity contribution >= 4 is 15.7 Å². The Hall–Kier alpha value is -1.11. The normalized spacial score (nSPS) is 26.7. The number of piperazine rings is 1. The van der Waals surface area contributed by atoms with Crippen molar-refractivity contribution < 1.29 is 8.42 Å². The average Bonchev–Trinajstić information content (AvgIpc) is 2.77. The van der Waals surface area contributed by atoms with Crippen LogP contribution >= 0.6 is 0 Å². The van der Waals surface area contributed by atoms with Crippen molar-refractivity contribution in [2.45, 2.75) is 29.8 Å². The van der Waals surface area contributed by atoms with Crippen LogP contribution in [-0.4, -0.2) is 52.0 Å². The summed E-state index contributed by atoms with van der Waals surface area (Å²) in [5.41, 5.74) is 1.00. The number of nitrogens with zero attached hydrogens (tertiary/aromatic N) is 2. The van der Waals surface area contributed by atoms with Crippen molar-refractivity contribution in [3.05, 3.63) is 24.3 Å². The van der Waals surface area contributed by atoms with Gasteiger partial charge in [0.15, 0.2) is 0 Å². The van der Waals surface area contributed by atoms with Crippen molar-refractivity contribution in [1.82, 2.24) is 9.62 Å². The molecular formula is C14H21N3O2S. The van der Waals surface area contributed by atoms with E-state index in [2.05, 4.69) is 5.32 Å². The van der Waals surface area contributed by atoms with Gasteiger partial charge in [-0.15, -0.1) is 0 Å². The molecule has 2 aliphatic heterocycles. The van der Waals surface area contributed by atoms with E-state index in [-0.39, 0.29) is 0 Å². The van der Waals surface area contributed by atoms with Crippen LogP contribution < -0.4 is 10.2 Å². The van der Waals surface area contributed by atoms with Gasteiger partial charge in [0.05, 0.1) is 4.90 Å². The molecule has 1 aromatic carbocycles. The van der Waals surface area contributed by atoms with Gasteiger partial charge in [0.25, 0.3) is 0 Å². The van der Waals surface area contributed by atoms with Gasteiger partial charge >= 0.3 is 0 Å². The number of fused-ring (bicyclic) bond motifs is 2. The molecule has 6 heteroatoms. The fraction of sp³-hybridized carbons (Fsp3) is 0.571. The molecule has 0 aromatic heterocycles. The quantitative estimate of drug-likeness (QED) is 0.899. The van der Waals surface area contributed by atoms with Crippen LogP contribution in [0.5, 0.6) is 0 Å². The van der Waals surface area contributed by atoms with Crippen LogP contribution in [0.1, 0.15) is 12.8 Å². The number of sulfonamides is 1. The third-order valence-electron chi connectivity index (χ3n) is 4.17. The van der Waals surface area contributed by atoms with Gasteiger partial charge < -0.3 is 10.2 Å². The van der Waals surface area contributed by atoms with Gasteiger partial charge in [-0.1, -0.05) is 0 Å². The van der Waals surface area contributed by atoms with Gasteiger partial charge in [-0.2, -0.15) is 4.31 Å². The zero-order chi connectivity index (χ0) is 14.3. The van der Waals surface area contributed by atoms with Crippen LogP contribution in [0.15, 0.2) is 29.2 Å². The standard InChI is InChI=1S/C14H21N3O2S/c1-16(2)13-5-7-14(8-6-13)20(18,19)17-9-11-3-4-12(10-17)15-11/h5-8,11-12,15H,3-4,9-10H2,1-2H3. The van der Waals surface area contributed by atoms with Crippen LogP contribution in [-0.2, 0) is 10.0 Å². The smallest absolute Gasteiger partial charge is 0.243 e. The highest BCUT2D eigenvalue weighted by Gasteiger charge is 2.37. The van der Waals surface area contributed by atoms with Crippen LogP contribution in [0.2, 0.25) is 0 Å². The third kappa shape index (κ3) is 2.43. The van der Waals surface area contributed by atoms with Crippen LogP contribution in [0.3, 0.4) is 0 Å².